The first-order valence-corrected chi connectivity index (χ1v) is 9.14. The molecule has 0 saturated heterocycles. The van der Waals surface area contributed by atoms with E-state index in [9.17, 15) is 13.2 Å². The SMILES string of the molecule is CC1c2sccc2CCN1S(=O)(=O)c1cccc(C(=O)O)c1. The lowest BCUT2D eigenvalue weighted by Gasteiger charge is -2.32. The van der Waals surface area contributed by atoms with Gasteiger partial charge >= 0.3 is 5.97 Å². The van der Waals surface area contributed by atoms with Crippen molar-refractivity contribution in [3.63, 3.8) is 0 Å². The van der Waals surface area contributed by atoms with Gasteiger partial charge in [0.1, 0.15) is 0 Å². The molecule has 22 heavy (non-hydrogen) atoms. The van der Waals surface area contributed by atoms with Gasteiger partial charge in [0.2, 0.25) is 10.0 Å². The van der Waals surface area contributed by atoms with E-state index < -0.39 is 16.0 Å². The number of thiophene rings is 1. The molecule has 0 bridgehead atoms. The molecule has 116 valence electrons. The number of fused-ring (bicyclic) bond motifs is 1. The minimum atomic E-state index is -3.71. The number of rotatable bonds is 3. The smallest absolute Gasteiger partial charge is 0.335 e. The fraction of sp³-hybridized carbons (Fsp3) is 0.267. The Kier molecular flexibility index (Phi) is 3.80. The average Bonchev–Trinajstić information content (AvgIpc) is 2.97. The normalized spacial score (nSPS) is 18.9. The van der Waals surface area contributed by atoms with Crippen LogP contribution < -0.4 is 0 Å². The standard InChI is InChI=1S/C15H15NO4S2/c1-10-14-11(6-8-21-14)5-7-16(10)22(19,20)13-4-2-3-12(9-13)15(17)18/h2-4,6,8-10H,5,7H2,1H3,(H,17,18). The molecular formula is C15H15NO4S2. The predicted molar refractivity (Wildman–Crippen MR) is 83.7 cm³/mol. The Morgan fingerprint density at radius 3 is 2.86 bits per heavy atom. The second-order valence-electron chi connectivity index (χ2n) is 5.18. The van der Waals surface area contributed by atoms with Crippen LogP contribution in [-0.4, -0.2) is 30.3 Å². The Morgan fingerprint density at radius 2 is 2.14 bits per heavy atom. The van der Waals surface area contributed by atoms with E-state index in [1.54, 1.807) is 11.3 Å². The highest BCUT2D eigenvalue weighted by Gasteiger charge is 2.34. The van der Waals surface area contributed by atoms with Crippen molar-refractivity contribution in [2.24, 2.45) is 0 Å². The molecule has 1 N–H and O–H groups in total. The molecule has 5 nitrogen and oxygen atoms in total. The Bertz CT molecular complexity index is 826. The molecule has 0 saturated carbocycles. The molecule has 1 aromatic carbocycles. The topological polar surface area (TPSA) is 74.7 Å². The van der Waals surface area contributed by atoms with Crippen molar-refractivity contribution in [2.75, 3.05) is 6.54 Å². The quantitative estimate of drug-likeness (QED) is 0.934. The van der Waals surface area contributed by atoms with E-state index in [-0.39, 0.29) is 16.5 Å². The van der Waals surface area contributed by atoms with E-state index in [0.717, 1.165) is 4.88 Å². The zero-order valence-electron chi connectivity index (χ0n) is 11.9. The summed E-state index contributed by atoms with van der Waals surface area (Å²) in [4.78, 5) is 12.1. The summed E-state index contributed by atoms with van der Waals surface area (Å²) in [6.45, 7) is 2.28. The van der Waals surface area contributed by atoms with E-state index in [0.29, 0.717) is 13.0 Å². The van der Waals surface area contributed by atoms with Crippen LogP contribution in [0.3, 0.4) is 0 Å². The van der Waals surface area contributed by atoms with Gasteiger partial charge in [-0.05, 0) is 48.6 Å². The Labute approximate surface area is 132 Å². The zero-order valence-corrected chi connectivity index (χ0v) is 13.5. The van der Waals surface area contributed by atoms with Gasteiger partial charge in [0.15, 0.2) is 0 Å². The summed E-state index contributed by atoms with van der Waals surface area (Å²) in [5.74, 6) is -1.13. The summed E-state index contributed by atoms with van der Waals surface area (Å²) >= 11 is 1.56. The van der Waals surface area contributed by atoms with Crippen LogP contribution in [0.2, 0.25) is 0 Å². The van der Waals surface area contributed by atoms with Crippen molar-refractivity contribution >= 4 is 27.3 Å². The number of hydrogen-bond acceptors (Lipinski definition) is 4. The van der Waals surface area contributed by atoms with Crippen molar-refractivity contribution < 1.29 is 18.3 Å². The predicted octanol–water partition coefficient (Wildman–Crippen LogP) is 2.75. The van der Waals surface area contributed by atoms with Crippen molar-refractivity contribution in [1.82, 2.24) is 4.31 Å². The number of aromatic carboxylic acids is 1. The fourth-order valence-corrected chi connectivity index (χ4v) is 5.47. The third-order valence-corrected chi connectivity index (χ3v) is 6.98. The molecule has 1 atom stereocenters. The third-order valence-electron chi connectivity index (χ3n) is 3.88. The number of carboxylic acid groups (broad SMARTS) is 1. The minimum Gasteiger partial charge on any atom is -0.478 e. The summed E-state index contributed by atoms with van der Waals surface area (Å²) in [7, 11) is -3.71. The molecule has 1 aliphatic rings. The first-order chi connectivity index (χ1) is 10.4. The van der Waals surface area contributed by atoms with Crippen LogP contribution >= 0.6 is 11.3 Å². The van der Waals surface area contributed by atoms with Gasteiger partial charge in [-0.15, -0.1) is 11.3 Å². The maximum Gasteiger partial charge on any atom is 0.335 e. The second-order valence-corrected chi connectivity index (χ2v) is 8.02. The van der Waals surface area contributed by atoms with Gasteiger partial charge in [0.25, 0.3) is 0 Å². The van der Waals surface area contributed by atoms with Crippen LogP contribution in [0.15, 0.2) is 40.6 Å². The number of carbonyl (C=O) groups is 1. The van der Waals surface area contributed by atoms with E-state index >= 15 is 0 Å². The molecule has 0 radical (unpaired) electrons. The van der Waals surface area contributed by atoms with Crippen molar-refractivity contribution in [1.29, 1.82) is 0 Å². The van der Waals surface area contributed by atoms with Gasteiger partial charge in [-0.25, -0.2) is 13.2 Å². The lowest BCUT2D eigenvalue weighted by molar-refractivity contribution is 0.0696. The third kappa shape index (κ3) is 2.45. The highest BCUT2D eigenvalue weighted by atomic mass is 32.2. The van der Waals surface area contributed by atoms with Gasteiger partial charge in [0, 0.05) is 11.4 Å². The van der Waals surface area contributed by atoms with Gasteiger partial charge in [-0.3, -0.25) is 0 Å². The van der Waals surface area contributed by atoms with Crippen LogP contribution in [0.1, 0.15) is 33.8 Å². The molecule has 2 heterocycles. The number of sulfonamides is 1. The van der Waals surface area contributed by atoms with Crippen molar-refractivity contribution in [3.05, 3.63) is 51.7 Å². The molecule has 7 heteroatoms. The summed E-state index contributed by atoms with van der Waals surface area (Å²) in [6.07, 6.45) is 0.682. The van der Waals surface area contributed by atoms with Gasteiger partial charge in [-0.1, -0.05) is 6.07 Å². The molecule has 0 spiro atoms. The van der Waals surface area contributed by atoms with Crippen LogP contribution in [0.4, 0.5) is 0 Å². The summed E-state index contributed by atoms with van der Waals surface area (Å²) in [6, 6.07) is 7.31. The van der Waals surface area contributed by atoms with E-state index in [1.807, 2.05) is 18.4 Å². The fourth-order valence-electron chi connectivity index (χ4n) is 2.73. The van der Waals surface area contributed by atoms with Crippen molar-refractivity contribution in [2.45, 2.75) is 24.3 Å². The highest BCUT2D eigenvalue weighted by Crippen LogP contribution is 2.36. The molecule has 0 fully saturated rings. The average molecular weight is 337 g/mol. The highest BCUT2D eigenvalue weighted by molar-refractivity contribution is 7.89. The summed E-state index contributed by atoms with van der Waals surface area (Å²) in [5, 5.41) is 11.0. The molecule has 1 unspecified atom stereocenters. The lowest BCUT2D eigenvalue weighted by atomic mass is 10.1. The van der Waals surface area contributed by atoms with Crippen LogP contribution in [0.5, 0.6) is 0 Å². The van der Waals surface area contributed by atoms with Gasteiger partial charge < -0.3 is 5.11 Å². The van der Waals surface area contributed by atoms with E-state index in [1.165, 1.54) is 34.1 Å². The number of hydrogen-bond donors (Lipinski definition) is 1. The minimum absolute atomic E-state index is 0.0254. The number of nitrogens with zero attached hydrogens (tertiary/aromatic N) is 1. The molecule has 1 aromatic heterocycles. The van der Waals surface area contributed by atoms with Gasteiger partial charge in [0.05, 0.1) is 16.5 Å². The first kappa shape index (κ1) is 15.2. The Hall–Kier alpha value is -1.70. The van der Waals surface area contributed by atoms with Crippen LogP contribution in [0.25, 0.3) is 0 Å². The molecular weight excluding hydrogens is 322 g/mol. The number of benzene rings is 1. The largest absolute Gasteiger partial charge is 0.478 e. The van der Waals surface area contributed by atoms with Crippen LogP contribution in [0, 0.1) is 0 Å². The molecule has 0 aliphatic carbocycles. The number of carboxylic acids is 1. The summed E-state index contributed by atoms with van der Waals surface area (Å²) in [5.41, 5.74) is 1.17. The molecule has 0 amide bonds. The Balaban J connectivity index is 2.01. The van der Waals surface area contributed by atoms with E-state index in [4.69, 9.17) is 5.11 Å². The zero-order chi connectivity index (χ0) is 15.9. The molecule has 1 aliphatic heterocycles. The van der Waals surface area contributed by atoms with E-state index in [2.05, 4.69) is 0 Å². The maximum atomic E-state index is 12.8. The second kappa shape index (κ2) is 5.49. The maximum absolute atomic E-state index is 12.8. The van der Waals surface area contributed by atoms with Gasteiger partial charge in [-0.2, -0.15) is 4.31 Å². The lowest BCUT2D eigenvalue weighted by Crippen LogP contribution is -2.38. The summed E-state index contributed by atoms with van der Waals surface area (Å²) < 4.78 is 27.1. The Morgan fingerprint density at radius 1 is 1.36 bits per heavy atom. The molecule has 2 aromatic rings. The van der Waals surface area contributed by atoms with Crippen LogP contribution in [-0.2, 0) is 16.4 Å². The first-order valence-electron chi connectivity index (χ1n) is 6.82. The monoisotopic (exact) mass is 337 g/mol. The van der Waals surface area contributed by atoms with Crippen molar-refractivity contribution in [3.8, 4) is 0 Å². The molecule has 3 rings (SSSR count).